The molecule has 1 heterocycles. The summed E-state index contributed by atoms with van der Waals surface area (Å²) in [6, 6.07) is 7.52. The maximum atomic E-state index is 12.2. The predicted molar refractivity (Wildman–Crippen MR) is 82.8 cm³/mol. The van der Waals surface area contributed by atoms with Crippen LogP contribution in [0.15, 0.2) is 40.6 Å². The highest BCUT2D eigenvalue weighted by molar-refractivity contribution is 6.11. The smallest absolute Gasteiger partial charge is 0.337 e. The van der Waals surface area contributed by atoms with E-state index in [9.17, 15) is 14.7 Å². The fourth-order valence-electron chi connectivity index (χ4n) is 1.87. The summed E-state index contributed by atoms with van der Waals surface area (Å²) in [5.41, 5.74) is 0.325. The van der Waals surface area contributed by atoms with Crippen LogP contribution in [0.25, 0.3) is 5.76 Å². The zero-order valence-electron chi connectivity index (χ0n) is 12.9. The monoisotopic (exact) mass is 327 g/mol. The number of aliphatic hydroxyl groups excluding tert-OH is 1. The van der Waals surface area contributed by atoms with Gasteiger partial charge < -0.3 is 19.7 Å². The lowest BCUT2D eigenvalue weighted by Gasteiger charge is -2.06. The second-order valence-electron chi connectivity index (χ2n) is 4.65. The Kier molecular flexibility index (Phi) is 4.96. The maximum Gasteiger partial charge on any atom is 0.337 e. The number of carbonyl (C=O) groups is 2. The van der Waals surface area contributed by atoms with Crippen molar-refractivity contribution in [2.75, 3.05) is 12.4 Å². The second-order valence-corrected chi connectivity index (χ2v) is 4.65. The van der Waals surface area contributed by atoms with Crippen LogP contribution >= 0.6 is 0 Å². The molecule has 1 aromatic carbocycles. The van der Waals surface area contributed by atoms with Crippen LogP contribution in [0.3, 0.4) is 0 Å². The van der Waals surface area contributed by atoms with Crippen LogP contribution in [0, 0.1) is 18.3 Å². The summed E-state index contributed by atoms with van der Waals surface area (Å²) < 4.78 is 9.37. The van der Waals surface area contributed by atoms with Gasteiger partial charge in [0.25, 0.3) is 5.91 Å². The number of amides is 1. The van der Waals surface area contributed by atoms with E-state index in [1.807, 2.05) is 0 Å². The summed E-state index contributed by atoms with van der Waals surface area (Å²) in [5.74, 6) is -1.57. The number of ether oxygens (including phenoxy) is 1. The average Bonchev–Trinajstić information content (AvgIpc) is 3.01. The van der Waals surface area contributed by atoms with Crippen molar-refractivity contribution in [3.63, 3.8) is 0 Å². The molecule has 0 unspecified atom stereocenters. The summed E-state index contributed by atoms with van der Waals surface area (Å²) in [6.07, 6.45) is 1.21. The van der Waals surface area contributed by atoms with Gasteiger partial charge in [0.15, 0.2) is 11.3 Å². The van der Waals surface area contributed by atoms with Crippen LogP contribution in [0.1, 0.15) is 21.7 Å². The lowest BCUT2D eigenvalue weighted by atomic mass is 10.1. The largest absolute Gasteiger partial charge is 0.506 e. The van der Waals surface area contributed by atoms with Crippen molar-refractivity contribution in [1.29, 1.82) is 5.26 Å². The highest BCUT2D eigenvalue weighted by Crippen LogP contribution is 2.20. The van der Waals surface area contributed by atoms with Crippen LogP contribution in [0.2, 0.25) is 0 Å². The minimum absolute atomic E-state index is 0.155. The summed E-state index contributed by atoms with van der Waals surface area (Å²) in [6.45, 7) is 1.54. The third-order valence-corrected chi connectivity index (χ3v) is 3.15. The Morgan fingerprint density at radius 3 is 2.50 bits per heavy atom. The van der Waals surface area contributed by atoms with Crippen LogP contribution in [-0.4, -0.2) is 29.2 Å². The third kappa shape index (κ3) is 3.41. The number of nitrogens with one attached hydrogen (secondary N) is 1. The molecule has 2 N–H and O–H groups in total. The molecule has 0 aliphatic heterocycles. The molecule has 2 aromatic rings. The standard InChI is InChI=1S/C16H13N3O5/c1-9-13(8-18-24-9)14(20)12(7-17)15(21)19-11-5-3-10(4-6-11)16(22)23-2/h3-6,8,20H,1-2H3,(H,19,21). The zero-order valence-corrected chi connectivity index (χ0v) is 12.9. The molecule has 24 heavy (non-hydrogen) atoms. The van der Waals surface area contributed by atoms with E-state index in [1.165, 1.54) is 44.5 Å². The number of aromatic nitrogens is 1. The summed E-state index contributed by atoms with van der Waals surface area (Å²) >= 11 is 0. The highest BCUT2D eigenvalue weighted by Gasteiger charge is 2.20. The van der Waals surface area contributed by atoms with Gasteiger partial charge in [0.1, 0.15) is 11.8 Å². The molecule has 2 rings (SSSR count). The van der Waals surface area contributed by atoms with Crippen molar-refractivity contribution in [1.82, 2.24) is 5.16 Å². The molecule has 0 saturated carbocycles. The molecule has 122 valence electrons. The average molecular weight is 327 g/mol. The van der Waals surface area contributed by atoms with Crippen molar-refractivity contribution in [3.8, 4) is 6.07 Å². The van der Waals surface area contributed by atoms with Crippen molar-refractivity contribution in [2.45, 2.75) is 6.92 Å². The topological polar surface area (TPSA) is 125 Å². The van der Waals surface area contributed by atoms with Gasteiger partial charge in [0.05, 0.1) is 24.4 Å². The minimum Gasteiger partial charge on any atom is -0.506 e. The molecule has 0 fully saturated rings. The molecule has 0 radical (unpaired) electrons. The molecule has 1 amide bonds. The van der Waals surface area contributed by atoms with E-state index in [2.05, 4.69) is 15.2 Å². The van der Waals surface area contributed by atoms with E-state index in [4.69, 9.17) is 9.78 Å². The summed E-state index contributed by atoms with van der Waals surface area (Å²) in [7, 11) is 1.26. The van der Waals surface area contributed by atoms with Gasteiger partial charge in [-0.1, -0.05) is 5.16 Å². The van der Waals surface area contributed by atoms with Gasteiger partial charge in [0.2, 0.25) is 0 Å². The van der Waals surface area contributed by atoms with Crippen LogP contribution in [0.4, 0.5) is 5.69 Å². The Hall–Kier alpha value is -3.60. The molecule has 1 aromatic heterocycles. The number of benzene rings is 1. The highest BCUT2D eigenvalue weighted by atomic mass is 16.5. The molecule has 8 heteroatoms. The number of nitriles is 1. The molecule has 0 saturated heterocycles. The third-order valence-electron chi connectivity index (χ3n) is 3.15. The van der Waals surface area contributed by atoms with Gasteiger partial charge in [-0.15, -0.1) is 0 Å². The number of anilines is 1. The quantitative estimate of drug-likeness (QED) is 0.381. The number of carbonyl (C=O) groups excluding carboxylic acids is 2. The molecular weight excluding hydrogens is 314 g/mol. The van der Waals surface area contributed by atoms with Crippen molar-refractivity contribution in [3.05, 3.63) is 52.9 Å². The fraction of sp³-hybridized carbons (Fsp3) is 0.125. The van der Waals surface area contributed by atoms with Crippen LogP contribution in [0.5, 0.6) is 0 Å². The summed E-state index contributed by atoms with van der Waals surface area (Å²) in [5, 5.41) is 25.2. The van der Waals surface area contributed by atoms with Gasteiger partial charge in [0, 0.05) is 5.69 Å². The Bertz CT molecular complexity index is 843. The number of esters is 1. The second kappa shape index (κ2) is 7.11. The van der Waals surface area contributed by atoms with Crippen LogP contribution < -0.4 is 5.32 Å². The Morgan fingerprint density at radius 1 is 1.33 bits per heavy atom. The Balaban J connectivity index is 2.23. The van der Waals surface area contributed by atoms with E-state index in [1.54, 1.807) is 6.07 Å². The number of nitrogens with zero attached hydrogens (tertiary/aromatic N) is 2. The predicted octanol–water partition coefficient (Wildman–Crippen LogP) is 2.20. The van der Waals surface area contributed by atoms with Crippen molar-refractivity contribution >= 4 is 23.3 Å². The van der Waals surface area contributed by atoms with Crippen molar-refractivity contribution in [2.24, 2.45) is 0 Å². The first-order valence-corrected chi connectivity index (χ1v) is 6.72. The molecule has 0 atom stereocenters. The number of hydrogen-bond acceptors (Lipinski definition) is 7. The molecule has 8 nitrogen and oxygen atoms in total. The molecule has 0 aliphatic carbocycles. The number of aliphatic hydroxyl groups is 1. The van der Waals surface area contributed by atoms with E-state index >= 15 is 0 Å². The number of methoxy groups -OCH3 is 1. The SMILES string of the molecule is COC(=O)c1ccc(NC(=O)C(C#N)=C(O)c2cnoc2C)cc1. The fourth-order valence-corrected chi connectivity index (χ4v) is 1.87. The van der Waals surface area contributed by atoms with Crippen LogP contribution in [-0.2, 0) is 9.53 Å². The maximum absolute atomic E-state index is 12.2. The minimum atomic E-state index is -0.804. The van der Waals surface area contributed by atoms with Gasteiger partial charge >= 0.3 is 5.97 Å². The Labute approximate surface area is 136 Å². The van der Waals surface area contributed by atoms with Gasteiger partial charge in [-0.3, -0.25) is 4.79 Å². The first kappa shape index (κ1) is 16.8. The van der Waals surface area contributed by atoms with Gasteiger partial charge in [-0.05, 0) is 31.2 Å². The lowest BCUT2D eigenvalue weighted by Crippen LogP contribution is -2.15. The van der Waals surface area contributed by atoms with Crippen molar-refractivity contribution < 1.29 is 24.0 Å². The Morgan fingerprint density at radius 2 is 2.00 bits per heavy atom. The molecule has 0 bridgehead atoms. The lowest BCUT2D eigenvalue weighted by molar-refractivity contribution is -0.112. The number of hydrogen-bond donors (Lipinski definition) is 2. The van der Waals surface area contributed by atoms with E-state index in [0.717, 1.165) is 0 Å². The summed E-state index contributed by atoms with van der Waals surface area (Å²) in [4.78, 5) is 23.5. The van der Waals surface area contributed by atoms with E-state index < -0.39 is 23.2 Å². The van der Waals surface area contributed by atoms with E-state index in [0.29, 0.717) is 11.3 Å². The molecular formula is C16H13N3O5. The molecule has 0 aliphatic rings. The van der Waals surface area contributed by atoms with Gasteiger partial charge in [-0.2, -0.15) is 5.26 Å². The number of aryl methyl sites for hydroxylation is 1. The zero-order chi connectivity index (χ0) is 17.7. The molecule has 0 spiro atoms. The van der Waals surface area contributed by atoms with E-state index in [-0.39, 0.29) is 11.3 Å². The number of rotatable bonds is 4. The first-order valence-electron chi connectivity index (χ1n) is 6.72. The first-order chi connectivity index (χ1) is 11.5. The van der Waals surface area contributed by atoms with Gasteiger partial charge in [-0.25, -0.2) is 4.79 Å². The normalized spacial score (nSPS) is 11.2.